The number of hydrogen-bond donors (Lipinski definition) is 0. The number of rotatable bonds is 4. The van der Waals surface area contributed by atoms with Crippen LogP contribution in [-0.2, 0) is 14.3 Å². The van der Waals surface area contributed by atoms with Crippen LogP contribution < -0.4 is 0 Å². The van der Waals surface area contributed by atoms with Crippen LogP contribution in [0.5, 0.6) is 0 Å². The Morgan fingerprint density at radius 2 is 2.18 bits per heavy atom. The van der Waals surface area contributed by atoms with Crippen molar-refractivity contribution in [2.45, 2.75) is 19.8 Å². The molecule has 3 heteroatoms. The van der Waals surface area contributed by atoms with Crippen LogP contribution in [0.1, 0.15) is 19.8 Å². The van der Waals surface area contributed by atoms with E-state index < -0.39 is 5.97 Å². The molecule has 0 bridgehead atoms. The molecule has 0 unspecified atom stereocenters. The maximum Gasteiger partial charge on any atom is 0.313 e. The first kappa shape index (κ1) is 9.70. The van der Waals surface area contributed by atoms with E-state index in [1.807, 2.05) is 0 Å². The molecule has 60 valence electrons. The predicted octanol–water partition coefficient (Wildman–Crippen LogP) is 0.532. The summed E-state index contributed by atoms with van der Waals surface area (Å²) in [4.78, 5) is 21.0. The Morgan fingerprint density at radius 3 is 2.64 bits per heavy atom. The third kappa shape index (κ3) is 6.59. The van der Waals surface area contributed by atoms with Gasteiger partial charge in [-0.2, -0.15) is 0 Å². The minimum Gasteiger partial charge on any atom is -0.464 e. The summed E-state index contributed by atoms with van der Waals surface area (Å²) >= 11 is 0. The Bertz CT molecular complexity index is 188. The quantitative estimate of drug-likeness (QED) is 0.257. The van der Waals surface area contributed by atoms with E-state index in [1.54, 1.807) is 0 Å². The van der Waals surface area contributed by atoms with Gasteiger partial charge in [0.25, 0.3) is 0 Å². The van der Waals surface area contributed by atoms with Gasteiger partial charge in [0.15, 0.2) is 0 Å². The van der Waals surface area contributed by atoms with E-state index in [-0.39, 0.29) is 18.8 Å². The summed E-state index contributed by atoms with van der Waals surface area (Å²) < 4.78 is 4.59. The molecule has 3 nitrogen and oxygen atoms in total. The van der Waals surface area contributed by atoms with Gasteiger partial charge in [0.05, 0.1) is 0 Å². The van der Waals surface area contributed by atoms with Crippen molar-refractivity contribution in [2.75, 3.05) is 6.61 Å². The molecule has 0 fully saturated rings. The molecule has 0 heterocycles. The van der Waals surface area contributed by atoms with Gasteiger partial charge in [-0.3, -0.25) is 9.59 Å². The molecule has 0 aliphatic carbocycles. The SMILES string of the molecule is C#CCCOC(=O)CC(C)=O. The van der Waals surface area contributed by atoms with Gasteiger partial charge in [-0.25, -0.2) is 0 Å². The first-order valence-corrected chi connectivity index (χ1v) is 3.25. The molecule has 0 aromatic heterocycles. The molecule has 0 rings (SSSR count). The Hall–Kier alpha value is -1.30. The fourth-order valence-electron chi connectivity index (χ4n) is 0.478. The Balaban J connectivity index is 3.39. The van der Waals surface area contributed by atoms with Gasteiger partial charge in [0.1, 0.15) is 18.8 Å². The number of ketones is 1. The molecule has 0 aliphatic heterocycles. The standard InChI is InChI=1S/C8H10O3/c1-3-4-5-11-8(10)6-7(2)9/h1H,4-6H2,2H3. The number of esters is 1. The van der Waals surface area contributed by atoms with Crippen LogP contribution in [0.2, 0.25) is 0 Å². The fourth-order valence-corrected chi connectivity index (χ4v) is 0.478. The third-order valence-electron chi connectivity index (χ3n) is 0.903. The normalized spacial score (nSPS) is 8.36. The molecule has 0 spiro atoms. The van der Waals surface area contributed by atoms with Crippen molar-refractivity contribution in [2.24, 2.45) is 0 Å². The molecule has 0 N–H and O–H groups in total. The summed E-state index contributed by atoms with van der Waals surface area (Å²) in [6.07, 6.45) is 5.14. The van der Waals surface area contributed by atoms with Gasteiger partial charge >= 0.3 is 5.97 Å². The van der Waals surface area contributed by atoms with E-state index in [4.69, 9.17) is 6.42 Å². The van der Waals surface area contributed by atoms with Crippen LogP contribution in [0.3, 0.4) is 0 Å². The fraction of sp³-hybridized carbons (Fsp3) is 0.500. The summed E-state index contributed by atoms with van der Waals surface area (Å²) in [7, 11) is 0. The maximum absolute atomic E-state index is 10.6. The third-order valence-corrected chi connectivity index (χ3v) is 0.903. The van der Waals surface area contributed by atoms with Gasteiger partial charge in [-0.1, -0.05) is 0 Å². The minimum absolute atomic E-state index is 0.162. The van der Waals surface area contributed by atoms with E-state index >= 15 is 0 Å². The summed E-state index contributed by atoms with van der Waals surface area (Å²) in [6.45, 7) is 1.53. The van der Waals surface area contributed by atoms with Gasteiger partial charge in [0.2, 0.25) is 0 Å². The average Bonchev–Trinajstić information content (AvgIpc) is 1.86. The molecule has 0 aromatic carbocycles. The Labute approximate surface area is 65.7 Å². The van der Waals surface area contributed by atoms with Gasteiger partial charge in [0, 0.05) is 6.42 Å². The molecule has 0 radical (unpaired) electrons. The van der Waals surface area contributed by atoms with Crippen LogP contribution in [0.25, 0.3) is 0 Å². The van der Waals surface area contributed by atoms with Crippen LogP contribution in [0.4, 0.5) is 0 Å². The maximum atomic E-state index is 10.6. The van der Waals surface area contributed by atoms with Gasteiger partial charge in [-0.15, -0.1) is 12.3 Å². The van der Waals surface area contributed by atoms with Crippen molar-refractivity contribution >= 4 is 11.8 Å². The number of ether oxygens (including phenoxy) is 1. The van der Waals surface area contributed by atoms with Crippen molar-refractivity contribution in [3.05, 3.63) is 0 Å². The number of carbonyl (C=O) groups is 2. The Kier molecular flexibility index (Phi) is 4.83. The average molecular weight is 154 g/mol. The van der Waals surface area contributed by atoms with Crippen molar-refractivity contribution in [3.8, 4) is 12.3 Å². The highest BCUT2D eigenvalue weighted by atomic mass is 16.5. The number of carbonyl (C=O) groups excluding carboxylic acids is 2. The second kappa shape index (κ2) is 5.48. The number of terminal acetylenes is 1. The zero-order valence-electron chi connectivity index (χ0n) is 6.42. The minimum atomic E-state index is -0.507. The molecule has 0 atom stereocenters. The van der Waals surface area contributed by atoms with Crippen LogP contribution in [-0.4, -0.2) is 18.4 Å². The van der Waals surface area contributed by atoms with Crippen molar-refractivity contribution in [3.63, 3.8) is 0 Å². The summed E-state index contributed by atoms with van der Waals surface area (Å²) in [5.74, 6) is 1.61. The van der Waals surface area contributed by atoms with Gasteiger partial charge in [-0.05, 0) is 6.92 Å². The lowest BCUT2D eigenvalue weighted by atomic mass is 10.3. The van der Waals surface area contributed by atoms with E-state index in [2.05, 4.69) is 10.7 Å². The first-order valence-electron chi connectivity index (χ1n) is 3.25. The van der Waals surface area contributed by atoms with Crippen molar-refractivity contribution in [1.82, 2.24) is 0 Å². The number of hydrogen-bond acceptors (Lipinski definition) is 3. The number of Topliss-reactive ketones (excluding diaryl/α,β-unsaturated/α-hetero) is 1. The smallest absolute Gasteiger partial charge is 0.313 e. The topological polar surface area (TPSA) is 43.4 Å². The molecular formula is C8H10O3. The molecule has 0 aromatic rings. The largest absolute Gasteiger partial charge is 0.464 e. The lowest BCUT2D eigenvalue weighted by molar-refractivity contribution is -0.145. The lowest BCUT2D eigenvalue weighted by Gasteiger charge is -1.98. The van der Waals surface area contributed by atoms with E-state index in [1.165, 1.54) is 6.92 Å². The van der Waals surface area contributed by atoms with E-state index in [0.717, 1.165) is 0 Å². The molecular weight excluding hydrogens is 144 g/mol. The predicted molar refractivity (Wildman–Crippen MR) is 39.7 cm³/mol. The van der Waals surface area contributed by atoms with Crippen LogP contribution in [0, 0.1) is 12.3 Å². The lowest BCUT2D eigenvalue weighted by Crippen LogP contribution is -2.09. The summed E-state index contributed by atoms with van der Waals surface area (Å²) in [6, 6.07) is 0. The monoisotopic (exact) mass is 154 g/mol. The van der Waals surface area contributed by atoms with E-state index in [0.29, 0.717) is 6.42 Å². The molecule has 0 aliphatic rings. The molecule has 11 heavy (non-hydrogen) atoms. The second-order valence-corrected chi connectivity index (χ2v) is 2.05. The summed E-state index contributed by atoms with van der Waals surface area (Å²) in [5, 5.41) is 0. The van der Waals surface area contributed by atoms with Crippen molar-refractivity contribution < 1.29 is 14.3 Å². The first-order chi connectivity index (χ1) is 5.16. The zero-order valence-corrected chi connectivity index (χ0v) is 6.42. The highest BCUT2D eigenvalue weighted by molar-refractivity contribution is 5.94. The van der Waals surface area contributed by atoms with Gasteiger partial charge < -0.3 is 4.74 Å². The highest BCUT2D eigenvalue weighted by Gasteiger charge is 2.04. The van der Waals surface area contributed by atoms with Crippen LogP contribution >= 0.6 is 0 Å². The molecule has 0 amide bonds. The highest BCUT2D eigenvalue weighted by Crippen LogP contribution is 1.88. The second-order valence-electron chi connectivity index (χ2n) is 2.05. The van der Waals surface area contributed by atoms with Crippen molar-refractivity contribution in [1.29, 1.82) is 0 Å². The Morgan fingerprint density at radius 1 is 1.55 bits per heavy atom. The molecule has 0 saturated heterocycles. The van der Waals surface area contributed by atoms with E-state index in [9.17, 15) is 9.59 Å². The zero-order chi connectivity index (χ0) is 8.69. The van der Waals surface area contributed by atoms with Crippen LogP contribution in [0.15, 0.2) is 0 Å². The molecule has 0 saturated carbocycles. The summed E-state index contributed by atoms with van der Waals surface area (Å²) in [5.41, 5.74) is 0.